The van der Waals surface area contributed by atoms with Crippen LogP contribution in [0.1, 0.15) is 0 Å². The summed E-state index contributed by atoms with van der Waals surface area (Å²) in [5.74, 6) is 1.56. The van der Waals surface area contributed by atoms with Gasteiger partial charge in [0, 0.05) is 10.9 Å². The molecular weight excluding hydrogens is 286 g/mol. The fourth-order valence-electron chi connectivity index (χ4n) is 2.22. The molecule has 0 amide bonds. The minimum Gasteiger partial charge on any atom is -0.497 e. The Hall–Kier alpha value is -2.26. The third-order valence-corrected chi connectivity index (χ3v) is 3.64. The van der Waals surface area contributed by atoms with Gasteiger partial charge < -0.3 is 9.47 Å². The molecule has 1 heterocycles. The molecule has 2 aromatic carbocycles. The second-order valence-corrected chi connectivity index (χ2v) is 5.01. The molecule has 3 rings (SSSR count). The molecule has 3 nitrogen and oxygen atoms in total. The Bertz CT molecular complexity index is 802. The first kappa shape index (κ1) is 13.7. The van der Waals surface area contributed by atoms with E-state index in [2.05, 4.69) is 4.98 Å². The Labute approximate surface area is 128 Å². The summed E-state index contributed by atoms with van der Waals surface area (Å²) in [5.41, 5.74) is 2.62. The summed E-state index contributed by atoms with van der Waals surface area (Å²) in [7, 11) is 3.28. The Morgan fingerprint density at radius 1 is 0.905 bits per heavy atom. The van der Waals surface area contributed by atoms with Crippen LogP contribution in [0.5, 0.6) is 11.5 Å². The molecule has 1 aromatic heterocycles. The van der Waals surface area contributed by atoms with Crippen molar-refractivity contribution in [2.45, 2.75) is 0 Å². The van der Waals surface area contributed by atoms with E-state index in [9.17, 15) is 0 Å². The van der Waals surface area contributed by atoms with Crippen LogP contribution in [0.25, 0.3) is 22.2 Å². The van der Waals surface area contributed by atoms with Gasteiger partial charge in [-0.2, -0.15) is 0 Å². The molecule has 0 unspecified atom stereocenters. The maximum absolute atomic E-state index is 6.39. The molecule has 21 heavy (non-hydrogen) atoms. The Balaban J connectivity index is 2.16. The largest absolute Gasteiger partial charge is 0.497 e. The van der Waals surface area contributed by atoms with E-state index in [-0.39, 0.29) is 0 Å². The van der Waals surface area contributed by atoms with Gasteiger partial charge in [-0.3, -0.25) is 0 Å². The SMILES string of the molecule is COc1cccc(-c2cc(Cl)c3cc(OC)ccc3n2)c1. The number of hydrogen-bond acceptors (Lipinski definition) is 3. The second kappa shape index (κ2) is 5.62. The average molecular weight is 300 g/mol. The van der Waals surface area contributed by atoms with Crippen LogP contribution in [0.3, 0.4) is 0 Å². The highest BCUT2D eigenvalue weighted by Crippen LogP contribution is 2.31. The minimum absolute atomic E-state index is 0.650. The van der Waals surface area contributed by atoms with Crippen LogP contribution in [0.4, 0.5) is 0 Å². The zero-order valence-corrected chi connectivity index (χ0v) is 12.5. The molecule has 0 aliphatic rings. The van der Waals surface area contributed by atoms with E-state index in [0.717, 1.165) is 33.7 Å². The van der Waals surface area contributed by atoms with Gasteiger partial charge in [0.1, 0.15) is 11.5 Å². The second-order valence-electron chi connectivity index (χ2n) is 4.60. The molecule has 0 aliphatic heterocycles. The number of pyridine rings is 1. The molecule has 0 radical (unpaired) electrons. The van der Waals surface area contributed by atoms with Crippen LogP contribution in [-0.4, -0.2) is 19.2 Å². The van der Waals surface area contributed by atoms with Crippen molar-refractivity contribution in [3.8, 4) is 22.8 Å². The molecule has 0 fully saturated rings. The van der Waals surface area contributed by atoms with Crippen molar-refractivity contribution in [1.29, 1.82) is 0 Å². The monoisotopic (exact) mass is 299 g/mol. The number of aromatic nitrogens is 1. The highest BCUT2D eigenvalue weighted by Gasteiger charge is 2.08. The summed E-state index contributed by atoms with van der Waals surface area (Å²) < 4.78 is 10.5. The predicted octanol–water partition coefficient (Wildman–Crippen LogP) is 4.57. The summed E-state index contributed by atoms with van der Waals surface area (Å²) in [6.07, 6.45) is 0. The van der Waals surface area contributed by atoms with E-state index in [4.69, 9.17) is 21.1 Å². The van der Waals surface area contributed by atoms with E-state index >= 15 is 0 Å². The molecule has 0 atom stereocenters. The van der Waals surface area contributed by atoms with Crippen LogP contribution in [0, 0.1) is 0 Å². The van der Waals surface area contributed by atoms with Gasteiger partial charge in [-0.05, 0) is 36.4 Å². The minimum atomic E-state index is 0.650. The third kappa shape index (κ3) is 2.65. The number of hydrogen-bond donors (Lipinski definition) is 0. The van der Waals surface area contributed by atoms with Gasteiger partial charge in [-0.25, -0.2) is 4.98 Å². The Morgan fingerprint density at radius 2 is 1.67 bits per heavy atom. The van der Waals surface area contributed by atoms with Crippen molar-refractivity contribution < 1.29 is 9.47 Å². The van der Waals surface area contributed by atoms with Crippen molar-refractivity contribution in [2.75, 3.05) is 14.2 Å². The van der Waals surface area contributed by atoms with Gasteiger partial charge in [-0.15, -0.1) is 0 Å². The smallest absolute Gasteiger partial charge is 0.119 e. The number of rotatable bonds is 3. The number of fused-ring (bicyclic) bond motifs is 1. The van der Waals surface area contributed by atoms with Crippen LogP contribution in [-0.2, 0) is 0 Å². The molecule has 0 bridgehead atoms. The standard InChI is InChI=1S/C17H14ClNO2/c1-20-12-5-3-4-11(8-12)17-10-15(18)14-9-13(21-2)6-7-16(14)19-17/h3-10H,1-2H3. The van der Waals surface area contributed by atoms with Gasteiger partial charge in [0.15, 0.2) is 0 Å². The summed E-state index contributed by atoms with van der Waals surface area (Å²) >= 11 is 6.39. The Kier molecular flexibility index (Phi) is 3.67. The lowest BCUT2D eigenvalue weighted by Crippen LogP contribution is -1.89. The number of benzene rings is 2. The van der Waals surface area contributed by atoms with E-state index in [1.165, 1.54) is 0 Å². The van der Waals surface area contributed by atoms with Crippen molar-refractivity contribution in [3.05, 3.63) is 53.6 Å². The molecular formula is C17H14ClNO2. The van der Waals surface area contributed by atoms with Crippen LogP contribution in [0.2, 0.25) is 5.02 Å². The van der Waals surface area contributed by atoms with Gasteiger partial charge in [-0.1, -0.05) is 23.7 Å². The maximum Gasteiger partial charge on any atom is 0.119 e. The number of halogens is 1. The fourth-order valence-corrected chi connectivity index (χ4v) is 2.48. The first-order valence-electron chi connectivity index (χ1n) is 6.50. The summed E-state index contributed by atoms with van der Waals surface area (Å²) in [6.45, 7) is 0. The average Bonchev–Trinajstić information content (AvgIpc) is 2.54. The van der Waals surface area contributed by atoms with Gasteiger partial charge in [0.25, 0.3) is 0 Å². The molecule has 0 N–H and O–H groups in total. The topological polar surface area (TPSA) is 31.4 Å². The predicted molar refractivity (Wildman–Crippen MR) is 85.3 cm³/mol. The van der Waals surface area contributed by atoms with Crippen LogP contribution < -0.4 is 9.47 Å². The van der Waals surface area contributed by atoms with Crippen molar-refractivity contribution in [1.82, 2.24) is 4.98 Å². The lowest BCUT2D eigenvalue weighted by atomic mass is 10.1. The normalized spacial score (nSPS) is 10.6. The fraction of sp³-hybridized carbons (Fsp3) is 0.118. The molecule has 0 spiro atoms. The molecule has 0 saturated carbocycles. The zero-order valence-electron chi connectivity index (χ0n) is 11.8. The Morgan fingerprint density at radius 3 is 2.43 bits per heavy atom. The van der Waals surface area contributed by atoms with E-state index in [1.807, 2.05) is 48.5 Å². The molecule has 0 saturated heterocycles. The van der Waals surface area contributed by atoms with Crippen LogP contribution in [0.15, 0.2) is 48.5 Å². The summed E-state index contributed by atoms with van der Waals surface area (Å²) in [5, 5.41) is 1.53. The number of nitrogens with zero attached hydrogens (tertiary/aromatic N) is 1. The molecule has 106 valence electrons. The van der Waals surface area contributed by atoms with E-state index < -0.39 is 0 Å². The van der Waals surface area contributed by atoms with Crippen molar-refractivity contribution in [3.63, 3.8) is 0 Å². The van der Waals surface area contributed by atoms with Gasteiger partial charge in [0.2, 0.25) is 0 Å². The maximum atomic E-state index is 6.39. The lowest BCUT2D eigenvalue weighted by molar-refractivity contribution is 0.415. The van der Waals surface area contributed by atoms with Gasteiger partial charge >= 0.3 is 0 Å². The zero-order chi connectivity index (χ0) is 14.8. The van der Waals surface area contributed by atoms with Gasteiger partial charge in [0.05, 0.1) is 30.5 Å². The third-order valence-electron chi connectivity index (χ3n) is 3.33. The molecule has 0 aliphatic carbocycles. The first-order chi connectivity index (χ1) is 10.2. The summed E-state index contributed by atoms with van der Waals surface area (Å²) in [4.78, 5) is 4.66. The van der Waals surface area contributed by atoms with Crippen LogP contribution >= 0.6 is 11.6 Å². The quantitative estimate of drug-likeness (QED) is 0.710. The van der Waals surface area contributed by atoms with Crippen molar-refractivity contribution >= 4 is 22.5 Å². The van der Waals surface area contributed by atoms with E-state index in [1.54, 1.807) is 14.2 Å². The molecule has 3 aromatic rings. The van der Waals surface area contributed by atoms with Crippen molar-refractivity contribution in [2.24, 2.45) is 0 Å². The highest BCUT2D eigenvalue weighted by atomic mass is 35.5. The van der Waals surface area contributed by atoms with E-state index in [0.29, 0.717) is 5.02 Å². The summed E-state index contributed by atoms with van der Waals surface area (Å²) in [6, 6.07) is 15.3. The lowest BCUT2D eigenvalue weighted by Gasteiger charge is -2.08. The number of methoxy groups -OCH3 is 2. The number of ether oxygens (including phenoxy) is 2. The molecule has 4 heteroatoms. The highest BCUT2D eigenvalue weighted by molar-refractivity contribution is 6.35. The first-order valence-corrected chi connectivity index (χ1v) is 6.88.